The van der Waals surface area contributed by atoms with Gasteiger partial charge in [-0.1, -0.05) is 6.07 Å². The second-order valence-corrected chi connectivity index (χ2v) is 2.36. The molecule has 1 rings (SSSR count). The Balaban J connectivity index is 3.31. The topological polar surface area (TPSA) is 57.5 Å². The molecule has 13 heavy (non-hydrogen) atoms. The first kappa shape index (κ1) is 9.82. The molecule has 0 heterocycles. The van der Waals surface area contributed by atoms with E-state index in [4.69, 9.17) is 10.0 Å². The van der Waals surface area contributed by atoms with Gasteiger partial charge in [0.25, 0.3) is 0 Å². The summed E-state index contributed by atoms with van der Waals surface area (Å²) < 4.78 is 25.6. The molecule has 0 spiro atoms. The molecule has 0 radical (unpaired) electrons. The van der Waals surface area contributed by atoms with Crippen molar-refractivity contribution >= 4 is 18.9 Å². The average Bonchev–Trinajstić information content (AvgIpc) is 2.09. The molecule has 68 valence electrons. The average molecular weight is 186 g/mol. The molecule has 0 fully saturated rings. The highest BCUT2D eigenvalue weighted by Gasteiger charge is 2.21. The molecule has 0 saturated heterocycles. The van der Waals surface area contributed by atoms with Crippen molar-refractivity contribution in [2.24, 2.45) is 0 Å². The zero-order valence-electron chi connectivity index (χ0n) is 6.37. The third-order valence-corrected chi connectivity index (χ3v) is 1.55. The van der Waals surface area contributed by atoms with Crippen LogP contribution in [0, 0.1) is 11.6 Å². The highest BCUT2D eigenvalue weighted by molar-refractivity contribution is 6.58. The Morgan fingerprint density at radius 1 is 1.23 bits per heavy atom. The second kappa shape index (κ2) is 3.63. The van der Waals surface area contributed by atoms with Crippen molar-refractivity contribution < 1.29 is 23.6 Å². The number of hydrogen-bond donors (Lipinski definition) is 2. The third-order valence-electron chi connectivity index (χ3n) is 1.55. The van der Waals surface area contributed by atoms with Gasteiger partial charge in [0.05, 0.1) is 5.56 Å². The standard InChI is InChI=1S/C7H5BF2O3/c9-6-4(3-11)1-2-5(7(6)10)8(12)13/h1-3,12-13H. The van der Waals surface area contributed by atoms with Gasteiger partial charge >= 0.3 is 7.12 Å². The van der Waals surface area contributed by atoms with E-state index in [2.05, 4.69) is 0 Å². The van der Waals surface area contributed by atoms with Gasteiger partial charge in [-0.3, -0.25) is 4.79 Å². The minimum Gasteiger partial charge on any atom is -0.423 e. The largest absolute Gasteiger partial charge is 0.491 e. The fourth-order valence-corrected chi connectivity index (χ4v) is 0.870. The Morgan fingerprint density at radius 2 is 1.85 bits per heavy atom. The first-order valence-corrected chi connectivity index (χ1v) is 3.37. The summed E-state index contributed by atoms with van der Waals surface area (Å²) in [5.41, 5.74) is -1.05. The first-order chi connectivity index (χ1) is 6.07. The van der Waals surface area contributed by atoms with Crippen LogP contribution in [-0.2, 0) is 0 Å². The zero-order valence-corrected chi connectivity index (χ0v) is 6.37. The van der Waals surface area contributed by atoms with Crippen LogP contribution in [0.4, 0.5) is 8.78 Å². The number of rotatable bonds is 2. The van der Waals surface area contributed by atoms with Crippen molar-refractivity contribution in [2.75, 3.05) is 0 Å². The van der Waals surface area contributed by atoms with Crippen molar-refractivity contribution in [2.45, 2.75) is 0 Å². The Bertz CT molecular complexity index is 341. The number of carbonyl (C=O) groups excluding carboxylic acids is 1. The van der Waals surface area contributed by atoms with Crippen LogP contribution < -0.4 is 5.46 Å². The molecule has 0 atom stereocenters. The van der Waals surface area contributed by atoms with Gasteiger partial charge in [-0.2, -0.15) is 0 Å². The molecule has 1 aromatic carbocycles. The summed E-state index contributed by atoms with van der Waals surface area (Å²) >= 11 is 0. The van der Waals surface area contributed by atoms with E-state index in [1.165, 1.54) is 0 Å². The summed E-state index contributed by atoms with van der Waals surface area (Å²) in [6.07, 6.45) is 0.145. The van der Waals surface area contributed by atoms with E-state index in [1.807, 2.05) is 0 Å². The highest BCUT2D eigenvalue weighted by atomic mass is 19.2. The Morgan fingerprint density at radius 3 is 2.31 bits per heavy atom. The van der Waals surface area contributed by atoms with Gasteiger partial charge < -0.3 is 10.0 Å². The molecule has 0 unspecified atom stereocenters. The number of halogens is 2. The maximum absolute atomic E-state index is 12.8. The lowest BCUT2D eigenvalue weighted by Gasteiger charge is -2.03. The van der Waals surface area contributed by atoms with Crippen LogP contribution in [0.15, 0.2) is 12.1 Å². The van der Waals surface area contributed by atoms with E-state index in [1.54, 1.807) is 0 Å². The van der Waals surface area contributed by atoms with E-state index >= 15 is 0 Å². The van der Waals surface area contributed by atoms with Crippen molar-refractivity contribution in [1.29, 1.82) is 0 Å². The number of benzene rings is 1. The van der Waals surface area contributed by atoms with E-state index in [0.717, 1.165) is 12.1 Å². The third kappa shape index (κ3) is 1.73. The number of aldehydes is 1. The molecule has 0 aliphatic rings. The van der Waals surface area contributed by atoms with Gasteiger partial charge in [-0.25, -0.2) is 8.78 Å². The molecular weight excluding hydrogens is 181 g/mol. The SMILES string of the molecule is O=Cc1ccc(B(O)O)c(F)c1F. The van der Waals surface area contributed by atoms with Crippen LogP contribution in [-0.4, -0.2) is 23.5 Å². The van der Waals surface area contributed by atoms with Gasteiger partial charge in [0.1, 0.15) is 0 Å². The summed E-state index contributed by atoms with van der Waals surface area (Å²) in [5.74, 6) is -2.79. The summed E-state index contributed by atoms with van der Waals surface area (Å²) in [4.78, 5) is 10.1. The number of carbonyl (C=O) groups is 1. The highest BCUT2D eigenvalue weighted by Crippen LogP contribution is 2.07. The lowest BCUT2D eigenvalue weighted by atomic mass is 9.79. The van der Waals surface area contributed by atoms with E-state index in [-0.39, 0.29) is 6.29 Å². The van der Waals surface area contributed by atoms with E-state index in [9.17, 15) is 13.6 Å². The van der Waals surface area contributed by atoms with Gasteiger partial charge in [-0.05, 0) is 6.07 Å². The van der Waals surface area contributed by atoms with E-state index in [0.29, 0.717) is 0 Å². The molecule has 0 aliphatic heterocycles. The van der Waals surface area contributed by atoms with Crippen molar-refractivity contribution in [3.63, 3.8) is 0 Å². The van der Waals surface area contributed by atoms with Crippen molar-refractivity contribution in [3.8, 4) is 0 Å². The minimum absolute atomic E-state index is 0.145. The summed E-state index contributed by atoms with van der Waals surface area (Å²) in [7, 11) is -2.09. The quantitative estimate of drug-likeness (QED) is 0.481. The van der Waals surface area contributed by atoms with Crippen LogP contribution >= 0.6 is 0 Å². The predicted octanol–water partition coefficient (Wildman–Crippen LogP) is -0.543. The minimum atomic E-state index is -2.09. The Labute approximate surface area is 72.8 Å². The Hall–Kier alpha value is -1.27. The predicted molar refractivity (Wildman–Crippen MR) is 41.6 cm³/mol. The second-order valence-electron chi connectivity index (χ2n) is 2.36. The first-order valence-electron chi connectivity index (χ1n) is 3.37. The fraction of sp³-hybridized carbons (Fsp3) is 0. The van der Waals surface area contributed by atoms with Crippen LogP contribution in [0.1, 0.15) is 10.4 Å². The molecule has 0 amide bonds. The molecule has 3 nitrogen and oxygen atoms in total. The molecule has 2 N–H and O–H groups in total. The van der Waals surface area contributed by atoms with Crippen LogP contribution in [0.25, 0.3) is 0 Å². The van der Waals surface area contributed by atoms with Gasteiger partial charge in [-0.15, -0.1) is 0 Å². The zero-order chi connectivity index (χ0) is 10.0. The van der Waals surface area contributed by atoms with Crippen LogP contribution in [0.5, 0.6) is 0 Å². The van der Waals surface area contributed by atoms with Crippen LogP contribution in [0.2, 0.25) is 0 Å². The molecule has 0 aliphatic carbocycles. The number of hydrogen-bond acceptors (Lipinski definition) is 3. The van der Waals surface area contributed by atoms with Gasteiger partial charge in [0, 0.05) is 5.46 Å². The monoisotopic (exact) mass is 186 g/mol. The molecule has 0 aromatic heterocycles. The van der Waals surface area contributed by atoms with Crippen molar-refractivity contribution in [3.05, 3.63) is 29.3 Å². The summed E-state index contributed by atoms with van der Waals surface area (Å²) in [6, 6.07) is 1.91. The smallest absolute Gasteiger partial charge is 0.423 e. The summed E-state index contributed by atoms with van der Waals surface area (Å²) in [5, 5.41) is 17.1. The maximum Gasteiger partial charge on any atom is 0.491 e. The molecule has 1 aromatic rings. The summed E-state index contributed by atoms with van der Waals surface area (Å²) in [6.45, 7) is 0. The lowest BCUT2D eigenvalue weighted by molar-refractivity contribution is 0.111. The van der Waals surface area contributed by atoms with Gasteiger partial charge in [0.15, 0.2) is 17.9 Å². The normalized spacial score (nSPS) is 9.85. The van der Waals surface area contributed by atoms with Crippen LogP contribution in [0.3, 0.4) is 0 Å². The Kier molecular flexibility index (Phi) is 2.74. The van der Waals surface area contributed by atoms with Crippen molar-refractivity contribution in [1.82, 2.24) is 0 Å². The molecule has 6 heteroatoms. The van der Waals surface area contributed by atoms with E-state index < -0.39 is 29.8 Å². The molecule has 0 bridgehead atoms. The van der Waals surface area contributed by atoms with Gasteiger partial charge in [0.2, 0.25) is 0 Å². The molecule has 0 saturated carbocycles. The fourth-order valence-electron chi connectivity index (χ4n) is 0.870. The lowest BCUT2D eigenvalue weighted by Crippen LogP contribution is -2.33. The maximum atomic E-state index is 12.8. The molecular formula is C7H5BF2O3.